The van der Waals surface area contributed by atoms with Crippen molar-refractivity contribution in [1.82, 2.24) is 15.0 Å². The van der Waals surface area contributed by atoms with Crippen LogP contribution in [0, 0.1) is 4.77 Å². The van der Waals surface area contributed by atoms with E-state index in [0.717, 1.165) is 0 Å². The molecule has 2 rings (SSSR count). The zero-order valence-corrected chi connectivity index (χ0v) is 8.93. The number of fused-ring (bicyclic) bond motifs is 1. The molecular formula is C7H3Cl2N3OS. The second kappa shape index (κ2) is 3.34. The summed E-state index contributed by atoms with van der Waals surface area (Å²) < 4.78 is 0.223. The standard InChI is InChI=1S/C7H3Cl2N3OS/c8-3-1-2-4(5(9)11-3)6(13)12-7(14)10-2/h1H,(H2,10,12,13,14). The number of hydrogen-bond donors (Lipinski definition) is 2. The van der Waals surface area contributed by atoms with Gasteiger partial charge in [-0.25, -0.2) is 4.98 Å². The Kier molecular flexibility index (Phi) is 2.30. The number of aromatic nitrogens is 3. The van der Waals surface area contributed by atoms with E-state index in [-0.39, 0.29) is 26.0 Å². The lowest BCUT2D eigenvalue weighted by atomic mass is 10.3. The van der Waals surface area contributed by atoms with E-state index in [1.165, 1.54) is 6.07 Å². The lowest BCUT2D eigenvalue weighted by Gasteiger charge is -1.99. The topological polar surface area (TPSA) is 61.5 Å². The van der Waals surface area contributed by atoms with Crippen LogP contribution in [0.1, 0.15) is 0 Å². The fourth-order valence-electron chi connectivity index (χ4n) is 1.12. The molecule has 0 atom stereocenters. The second-order valence-electron chi connectivity index (χ2n) is 2.57. The van der Waals surface area contributed by atoms with Gasteiger partial charge >= 0.3 is 0 Å². The summed E-state index contributed by atoms with van der Waals surface area (Å²) >= 11 is 16.2. The molecule has 7 heteroatoms. The Bertz CT molecular complexity index is 618. The minimum atomic E-state index is -0.377. The van der Waals surface area contributed by atoms with Crippen molar-refractivity contribution in [2.75, 3.05) is 0 Å². The highest BCUT2D eigenvalue weighted by Gasteiger charge is 2.06. The van der Waals surface area contributed by atoms with E-state index in [9.17, 15) is 4.79 Å². The van der Waals surface area contributed by atoms with Gasteiger partial charge in [-0.15, -0.1) is 0 Å². The molecule has 0 fully saturated rings. The predicted molar refractivity (Wildman–Crippen MR) is 57.6 cm³/mol. The van der Waals surface area contributed by atoms with E-state index in [4.69, 9.17) is 35.4 Å². The molecule has 0 aliphatic heterocycles. The van der Waals surface area contributed by atoms with Crippen LogP contribution in [0.2, 0.25) is 10.3 Å². The molecule has 0 saturated carbocycles. The van der Waals surface area contributed by atoms with Gasteiger partial charge in [0.2, 0.25) is 0 Å². The minimum absolute atomic E-state index is 0.0556. The Hall–Kier alpha value is -0.910. The van der Waals surface area contributed by atoms with Gasteiger partial charge in [-0.1, -0.05) is 23.2 Å². The molecular weight excluding hydrogens is 245 g/mol. The number of H-pyrrole nitrogens is 2. The van der Waals surface area contributed by atoms with Crippen LogP contribution >= 0.6 is 35.4 Å². The molecule has 0 amide bonds. The van der Waals surface area contributed by atoms with Crippen LogP contribution in [0.25, 0.3) is 10.9 Å². The van der Waals surface area contributed by atoms with Crippen LogP contribution in [-0.4, -0.2) is 15.0 Å². The molecule has 0 radical (unpaired) electrons. The van der Waals surface area contributed by atoms with Crippen LogP contribution in [-0.2, 0) is 0 Å². The van der Waals surface area contributed by atoms with Gasteiger partial charge < -0.3 is 4.98 Å². The van der Waals surface area contributed by atoms with Crippen molar-refractivity contribution in [2.24, 2.45) is 0 Å². The number of hydrogen-bond acceptors (Lipinski definition) is 3. The Morgan fingerprint density at radius 3 is 2.79 bits per heavy atom. The first-order valence-corrected chi connectivity index (χ1v) is 4.72. The average Bonchev–Trinajstić information content (AvgIpc) is 1.99. The summed E-state index contributed by atoms with van der Waals surface area (Å²) in [6, 6.07) is 1.49. The van der Waals surface area contributed by atoms with Crippen molar-refractivity contribution in [2.45, 2.75) is 0 Å². The highest BCUT2D eigenvalue weighted by molar-refractivity contribution is 7.71. The van der Waals surface area contributed by atoms with Gasteiger partial charge in [-0.2, -0.15) is 0 Å². The number of rotatable bonds is 0. The molecule has 2 heterocycles. The molecule has 0 aliphatic rings. The average molecular weight is 248 g/mol. The van der Waals surface area contributed by atoms with Crippen LogP contribution in [0.15, 0.2) is 10.9 Å². The summed E-state index contributed by atoms with van der Waals surface area (Å²) in [4.78, 5) is 20.3. The smallest absolute Gasteiger partial charge is 0.262 e. The summed E-state index contributed by atoms with van der Waals surface area (Å²) in [6.45, 7) is 0. The van der Waals surface area contributed by atoms with Crippen LogP contribution in [0.4, 0.5) is 0 Å². The van der Waals surface area contributed by atoms with Crippen molar-refractivity contribution in [3.63, 3.8) is 0 Å². The number of nitrogens with zero attached hydrogens (tertiary/aromatic N) is 1. The van der Waals surface area contributed by atoms with E-state index in [1.807, 2.05) is 0 Å². The molecule has 2 N–H and O–H groups in total. The number of aromatic amines is 2. The SMILES string of the molecule is O=c1[nH]c(=S)[nH]c2cc(Cl)nc(Cl)c12. The molecule has 0 bridgehead atoms. The summed E-state index contributed by atoms with van der Waals surface area (Å²) in [6.07, 6.45) is 0. The van der Waals surface area contributed by atoms with Gasteiger partial charge in [0.1, 0.15) is 15.7 Å². The van der Waals surface area contributed by atoms with Crippen molar-refractivity contribution in [3.05, 3.63) is 31.5 Å². The van der Waals surface area contributed by atoms with Crippen molar-refractivity contribution in [1.29, 1.82) is 0 Å². The Labute approximate surface area is 92.9 Å². The van der Waals surface area contributed by atoms with E-state index in [2.05, 4.69) is 15.0 Å². The van der Waals surface area contributed by atoms with Crippen LogP contribution in [0.3, 0.4) is 0 Å². The largest absolute Gasteiger partial charge is 0.332 e. The molecule has 4 nitrogen and oxygen atoms in total. The molecule has 0 aromatic carbocycles. The number of halogens is 2. The molecule has 72 valence electrons. The first-order valence-electron chi connectivity index (χ1n) is 3.56. The first-order chi connectivity index (χ1) is 6.58. The van der Waals surface area contributed by atoms with Crippen molar-refractivity contribution < 1.29 is 0 Å². The Morgan fingerprint density at radius 1 is 1.36 bits per heavy atom. The molecule has 0 saturated heterocycles. The maximum Gasteiger partial charge on any atom is 0.262 e. The van der Waals surface area contributed by atoms with E-state index < -0.39 is 0 Å². The third-order valence-corrected chi connectivity index (χ3v) is 2.32. The summed E-state index contributed by atoms with van der Waals surface area (Å²) in [5, 5.41) is 0.517. The summed E-state index contributed by atoms with van der Waals surface area (Å²) in [7, 11) is 0. The molecule has 0 aliphatic carbocycles. The molecule has 0 spiro atoms. The normalized spacial score (nSPS) is 10.7. The van der Waals surface area contributed by atoms with Gasteiger partial charge in [0.15, 0.2) is 4.77 Å². The summed E-state index contributed by atoms with van der Waals surface area (Å²) in [5.74, 6) is 0. The molecule has 14 heavy (non-hydrogen) atoms. The molecule has 2 aromatic rings. The summed E-state index contributed by atoms with van der Waals surface area (Å²) in [5.41, 5.74) is 0.0988. The monoisotopic (exact) mass is 247 g/mol. The number of pyridine rings is 1. The number of nitrogens with one attached hydrogen (secondary N) is 2. The maximum absolute atomic E-state index is 11.4. The van der Waals surface area contributed by atoms with Gasteiger partial charge in [0.05, 0.1) is 5.52 Å². The van der Waals surface area contributed by atoms with Gasteiger partial charge in [-0.3, -0.25) is 9.78 Å². The van der Waals surface area contributed by atoms with Crippen molar-refractivity contribution >= 4 is 46.3 Å². The fourth-order valence-corrected chi connectivity index (χ4v) is 1.84. The second-order valence-corrected chi connectivity index (χ2v) is 3.72. The molecule has 0 unspecified atom stereocenters. The zero-order valence-electron chi connectivity index (χ0n) is 6.60. The van der Waals surface area contributed by atoms with Gasteiger partial charge in [-0.05, 0) is 18.3 Å². The third-order valence-electron chi connectivity index (χ3n) is 1.65. The van der Waals surface area contributed by atoms with Crippen molar-refractivity contribution in [3.8, 4) is 0 Å². The lowest BCUT2D eigenvalue weighted by Crippen LogP contribution is -2.08. The first kappa shape index (κ1) is 9.64. The molecule has 2 aromatic heterocycles. The quantitative estimate of drug-likeness (QED) is 0.555. The lowest BCUT2D eigenvalue weighted by molar-refractivity contribution is 1.13. The Morgan fingerprint density at radius 2 is 2.07 bits per heavy atom. The van der Waals surface area contributed by atoms with Crippen LogP contribution in [0.5, 0.6) is 0 Å². The highest BCUT2D eigenvalue weighted by atomic mass is 35.5. The van der Waals surface area contributed by atoms with E-state index in [0.29, 0.717) is 5.52 Å². The van der Waals surface area contributed by atoms with Crippen LogP contribution < -0.4 is 5.56 Å². The van der Waals surface area contributed by atoms with E-state index in [1.54, 1.807) is 0 Å². The minimum Gasteiger partial charge on any atom is -0.332 e. The van der Waals surface area contributed by atoms with E-state index >= 15 is 0 Å². The maximum atomic E-state index is 11.4. The zero-order chi connectivity index (χ0) is 10.3. The third kappa shape index (κ3) is 1.54. The highest BCUT2D eigenvalue weighted by Crippen LogP contribution is 2.19. The predicted octanol–water partition coefficient (Wildman–Crippen LogP) is 2.29. The van der Waals surface area contributed by atoms with Gasteiger partial charge in [0, 0.05) is 0 Å². The Balaban J connectivity index is 3.10. The van der Waals surface area contributed by atoms with Gasteiger partial charge in [0.25, 0.3) is 5.56 Å². The fraction of sp³-hybridized carbons (Fsp3) is 0.